The molecule has 140 valence electrons. The lowest BCUT2D eigenvalue weighted by Crippen LogP contribution is -2.35. The molecular formula is C19H22Cl2N2O3. The van der Waals surface area contributed by atoms with E-state index in [2.05, 4.69) is 5.32 Å². The van der Waals surface area contributed by atoms with Crippen molar-refractivity contribution in [3.63, 3.8) is 0 Å². The minimum absolute atomic E-state index is 0.0968. The highest BCUT2D eigenvalue weighted by molar-refractivity contribution is 6.35. The second-order valence-electron chi connectivity index (χ2n) is 6.91. The number of amides is 3. The lowest BCUT2D eigenvalue weighted by atomic mass is 9.81. The van der Waals surface area contributed by atoms with E-state index in [-0.39, 0.29) is 42.5 Å². The smallest absolute Gasteiger partial charge is 0.233 e. The molecule has 1 aliphatic carbocycles. The number of nitrogens with zero attached hydrogens (tertiary/aromatic N) is 1. The average molecular weight is 397 g/mol. The van der Waals surface area contributed by atoms with Crippen molar-refractivity contribution in [1.29, 1.82) is 0 Å². The van der Waals surface area contributed by atoms with Crippen molar-refractivity contribution < 1.29 is 14.4 Å². The van der Waals surface area contributed by atoms with Crippen molar-refractivity contribution in [2.45, 2.75) is 38.5 Å². The van der Waals surface area contributed by atoms with E-state index < -0.39 is 0 Å². The van der Waals surface area contributed by atoms with E-state index in [0.717, 1.165) is 31.2 Å². The maximum Gasteiger partial charge on any atom is 0.233 e. The van der Waals surface area contributed by atoms with Crippen LogP contribution >= 0.6 is 23.2 Å². The molecule has 0 radical (unpaired) electrons. The molecule has 3 amide bonds. The summed E-state index contributed by atoms with van der Waals surface area (Å²) >= 11 is 12.0. The summed E-state index contributed by atoms with van der Waals surface area (Å²) in [4.78, 5) is 38.1. The zero-order chi connectivity index (χ0) is 18.7. The maximum atomic E-state index is 12.4. The van der Waals surface area contributed by atoms with Crippen molar-refractivity contribution >= 4 is 40.9 Å². The standard InChI is InChI=1S/C19H22Cl2N2O3/c20-13-6-5-12(16(21)11-13)7-9-22-17(24)8-10-23-18(25)14-3-1-2-4-15(14)19(23)26/h5-6,11,14-15H,1-4,7-10H2,(H,22,24)/t14-,15-/m1/s1. The number of halogens is 2. The summed E-state index contributed by atoms with van der Waals surface area (Å²) in [5.74, 6) is -0.691. The number of imide groups is 1. The lowest BCUT2D eigenvalue weighted by molar-refractivity contribution is -0.140. The molecule has 1 saturated carbocycles. The topological polar surface area (TPSA) is 66.5 Å². The fraction of sp³-hybridized carbons (Fsp3) is 0.526. The van der Waals surface area contributed by atoms with Gasteiger partial charge in [0.2, 0.25) is 17.7 Å². The second kappa shape index (κ2) is 8.40. The van der Waals surface area contributed by atoms with Gasteiger partial charge in [0, 0.05) is 29.6 Å². The Labute approximate surface area is 163 Å². The summed E-state index contributed by atoms with van der Waals surface area (Å²) in [5, 5.41) is 3.95. The largest absolute Gasteiger partial charge is 0.356 e. The molecule has 1 heterocycles. The van der Waals surface area contributed by atoms with E-state index in [9.17, 15) is 14.4 Å². The first-order valence-corrected chi connectivity index (χ1v) is 9.79. The molecule has 1 N–H and O–H groups in total. The summed E-state index contributed by atoms with van der Waals surface area (Å²) < 4.78 is 0. The van der Waals surface area contributed by atoms with Crippen molar-refractivity contribution in [2.75, 3.05) is 13.1 Å². The van der Waals surface area contributed by atoms with E-state index in [0.29, 0.717) is 23.0 Å². The normalized spacial score (nSPS) is 22.5. The number of hydrogen-bond acceptors (Lipinski definition) is 3. The van der Waals surface area contributed by atoms with Gasteiger partial charge in [-0.05, 0) is 37.0 Å². The van der Waals surface area contributed by atoms with Crippen LogP contribution in [0.1, 0.15) is 37.7 Å². The van der Waals surface area contributed by atoms with Crippen molar-refractivity contribution in [3.8, 4) is 0 Å². The minimum atomic E-state index is -0.175. The molecular weight excluding hydrogens is 375 g/mol. The van der Waals surface area contributed by atoms with Crippen LogP contribution in [0, 0.1) is 11.8 Å². The molecule has 2 aliphatic rings. The van der Waals surface area contributed by atoms with E-state index >= 15 is 0 Å². The third-order valence-electron chi connectivity index (χ3n) is 5.23. The molecule has 3 rings (SSSR count). The van der Waals surface area contributed by atoms with Gasteiger partial charge in [-0.3, -0.25) is 19.3 Å². The van der Waals surface area contributed by atoms with Gasteiger partial charge in [-0.1, -0.05) is 42.1 Å². The van der Waals surface area contributed by atoms with Crippen molar-refractivity contribution in [2.24, 2.45) is 11.8 Å². The number of nitrogens with one attached hydrogen (secondary N) is 1. The first-order valence-electron chi connectivity index (χ1n) is 9.03. The van der Waals surface area contributed by atoms with Gasteiger partial charge in [-0.15, -0.1) is 0 Å². The van der Waals surface area contributed by atoms with Crippen molar-refractivity contribution in [3.05, 3.63) is 33.8 Å². The van der Waals surface area contributed by atoms with Crippen LogP contribution in [-0.4, -0.2) is 35.7 Å². The molecule has 7 heteroatoms. The highest BCUT2D eigenvalue weighted by atomic mass is 35.5. The zero-order valence-corrected chi connectivity index (χ0v) is 16.0. The molecule has 0 bridgehead atoms. The number of fused-ring (bicyclic) bond motifs is 1. The Morgan fingerprint density at radius 2 is 1.77 bits per heavy atom. The number of rotatable bonds is 6. The first kappa shape index (κ1) is 19.2. The monoisotopic (exact) mass is 396 g/mol. The van der Waals surface area contributed by atoms with Crippen LogP contribution in [0.25, 0.3) is 0 Å². The first-order chi connectivity index (χ1) is 12.5. The van der Waals surface area contributed by atoms with Gasteiger partial charge in [-0.25, -0.2) is 0 Å². The summed E-state index contributed by atoms with van der Waals surface area (Å²) in [6.07, 6.45) is 4.31. The lowest BCUT2D eigenvalue weighted by Gasteiger charge is -2.19. The Morgan fingerprint density at radius 3 is 2.38 bits per heavy atom. The van der Waals surface area contributed by atoms with Gasteiger partial charge in [0.05, 0.1) is 11.8 Å². The summed E-state index contributed by atoms with van der Waals surface area (Å²) in [6, 6.07) is 5.26. The molecule has 1 saturated heterocycles. The summed E-state index contributed by atoms with van der Waals surface area (Å²) in [7, 11) is 0. The molecule has 5 nitrogen and oxygen atoms in total. The van der Waals surface area contributed by atoms with Gasteiger partial charge in [0.1, 0.15) is 0 Å². The fourth-order valence-corrected chi connectivity index (χ4v) is 4.32. The Balaban J connectivity index is 1.44. The van der Waals surface area contributed by atoms with Crippen LogP contribution in [0.4, 0.5) is 0 Å². The van der Waals surface area contributed by atoms with E-state index in [1.807, 2.05) is 6.07 Å². The van der Waals surface area contributed by atoms with Crippen LogP contribution in [0.2, 0.25) is 10.0 Å². The molecule has 0 aromatic heterocycles. The Hall–Kier alpha value is -1.59. The molecule has 26 heavy (non-hydrogen) atoms. The van der Waals surface area contributed by atoms with Crippen LogP contribution in [-0.2, 0) is 20.8 Å². The Kier molecular flexibility index (Phi) is 6.20. The highest BCUT2D eigenvalue weighted by Crippen LogP contribution is 2.37. The van der Waals surface area contributed by atoms with Crippen LogP contribution in [0.15, 0.2) is 18.2 Å². The fourth-order valence-electron chi connectivity index (χ4n) is 3.81. The Bertz CT molecular complexity index is 699. The van der Waals surface area contributed by atoms with Gasteiger partial charge in [-0.2, -0.15) is 0 Å². The van der Waals surface area contributed by atoms with Gasteiger partial charge in [0.15, 0.2) is 0 Å². The summed E-state index contributed by atoms with van der Waals surface area (Å²) in [5.41, 5.74) is 0.908. The minimum Gasteiger partial charge on any atom is -0.356 e. The molecule has 1 aliphatic heterocycles. The highest BCUT2D eigenvalue weighted by Gasteiger charge is 2.47. The number of carbonyl (C=O) groups excluding carboxylic acids is 3. The third kappa shape index (κ3) is 4.21. The predicted molar refractivity (Wildman–Crippen MR) is 100.0 cm³/mol. The van der Waals surface area contributed by atoms with Crippen molar-refractivity contribution in [1.82, 2.24) is 10.2 Å². The third-order valence-corrected chi connectivity index (χ3v) is 5.81. The van der Waals surface area contributed by atoms with Crippen LogP contribution < -0.4 is 5.32 Å². The van der Waals surface area contributed by atoms with Gasteiger partial charge in [0.25, 0.3) is 0 Å². The number of carbonyl (C=O) groups is 3. The molecule has 1 aromatic carbocycles. The quantitative estimate of drug-likeness (QED) is 0.750. The predicted octanol–water partition coefficient (Wildman–Crippen LogP) is 3.22. The molecule has 2 atom stereocenters. The molecule has 0 unspecified atom stereocenters. The van der Waals surface area contributed by atoms with E-state index in [1.54, 1.807) is 12.1 Å². The van der Waals surface area contributed by atoms with E-state index in [4.69, 9.17) is 23.2 Å². The average Bonchev–Trinajstić information content (AvgIpc) is 2.86. The second-order valence-corrected chi connectivity index (χ2v) is 7.75. The number of hydrogen-bond donors (Lipinski definition) is 1. The zero-order valence-electron chi connectivity index (χ0n) is 14.5. The van der Waals surface area contributed by atoms with Gasteiger partial charge < -0.3 is 5.32 Å². The molecule has 1 aromatic rings. The number of benzene rings is 1. The SMILES string of the molecule is O=C(CCN1C(=O)[C@@H]2CCCC[C@H]2C1=O)NCCc1ccc(Cl)cc1Cl. The van der Waals surface area contributed by atoms with E-state index in [1.165, 1.54) is 4.90 Å². The molecule has 0 spiro atoms. The van der Waals surface area contributed by atoms with Crippen LogP contribution in [0.5, 0.6) is 0 Å². The van der Waals surface area contributed by atoms with Crippen LogP contribution in [0.3, 0.4) is 0 Å². The Morgan fingerprint density at radius 1 is 1.12 bits per heavy atom. The van der Waals surface area contributed by atoms with Gasteiger partial charge >= 0.3 is 0 Å². The number of likely N-dealkylation sites (tertiary alicyclic amines) is 1. The maximum absolute atomic E-state index is 12.4. The summed E-state index contributed by atoms with van der Waals surface area (Å²) in [6.45, 7) is 0.603. The molecule has 2 fully saturated rings.